The molecule has 0 radical (unpaired) electrons. The van der Waals surface area contributed by atoms with Gasteiger partial charge in [-0.25, -0.2) is 9.97 Å². The highest BCUT2D eigenvalue weighted by Crippen LogP contribution is 2.07. The summed E-state index contributed by atoms with van der Waals surface area (Å²) in [7, 11) is 0. The molecule has 2 heterocycles. The van der Waals surface area contributed by atoms with Crippen LogP contribution in [-0.4, -0.2) is 20.9 Å². The first-order valence-corrected chi connectivity index (χ1v) is 4.46. The lowest BCUT2D eigenvalue weighted by Gasteiger charge is -1.99. The summed E-state index contributed by atoms with van der Waals surface area (Å²) >= 11 is 0. The van der Waals surface area contributed by atoms with Gasteiger partial charge in [0.25, 0.3) is 5.91 Å². The highest BCUT2D eigenvalue weighted by Gasteiger charge is 2.10. The fraction of sp³-hybridized carbons (Fsp3) is 0.111. The van der Waals surface area contributed by atoms with Crippen molar-refractivity contribution in [2.75, 3.05) is 11.1 Å². The van der Waals surface area contributed by atoms with E-state index in [1.165, 1.54) is 18.7 Å². The Morgan fingerprint density at radius 2 is 2.25 bits per heavy atom. The van der Waals surface area contributed by atoms with Crippen LogP contribution >= 0.6 is 0 Å². The summed E-state index contributed by atoms with van der Waals surface area (Å²) in [5.74, 6) is -0.196. The summed E-state index contributed by atoms with van der Waals surface area (Å²) in [6, 6.07) is 0.126. The van der Waals surface area contributed by atoms with E-state index in [4.69, 9.17) is 10.2 Å². The topological polar surface area (TPSA) is 107 Å². The molecule has 1 amide bonds. The standard InChI is InChI=1S/C9H9N5O2/c1-5-4-16-9(13-5)14-8(15)6-2-12-7(10)3-11-6/h2-4H,1H3,(H2,10,12)(H,13,14,15). The lowest BCUT2D eigenvalue weighted by atomic mass is 10.4. The molecule has 82 valence electrons. The Hall–Kier alpha value is -2.44. The van der Waals surface area contributed by atoms with Crippen LogP contribution in [-0.2, 0) is 0 Å². The van der Waals surface area contributed by atoms with Gasteiger partial charge >= 0.3 is 6.01 Å². The van der Waals surface area contributed by atoms with E-state index in [1.54, 1.807) is 6.92 Å². The minimum absolute atomic E-state index is 0.126. The Morgan fingerprint density at radius 1 is 1.44 bits per heavy atom. The van der Waals surface area contributed by atoms with Gasteiger partial charge in [-0.15, -0.1) is 0 Å². The average molecular weight is 219 g/mol. The van der Waals surface area contributed by atoms with Gasteiger partial charge < -0.3 is 10.2 Å². The van der Waals surface area contributed by atoms with E-state index in [1.807, 2.05) is 0 Å². The van der Waals surface area contributed by atoms with Crippen LogP contribution in [0.15, 0.2) is 23.1 Å². The summed E-state index contributed by atoms with van der Waals surface area (Å²) in [5, 5.41) is 2.44. The number of carbonyl (C=O) groups is 1. The van der Waals surface area contributed by atoms with Crippen molar-refractivity contribution >= 4 is 17.7 Å². The van der Waals surface area contributed by atoms with Gasteiger partial charge in [0.15, 0.2) is 0 Å². The fourth-order valence-electron chi connectivity index (χ4n) is 1.03. The van der Waals surface area contributed by atoms with E-state index in [0.29, 0.717) is 5.69 Å². The van der Waals surface area contributed by atoms with E-state index in [9.17, 15) is 4.79 Å². The van der Waals surface area contributed by atoms with Gasteiger partial charge in [0, 0.05) is 0 Å². The van der Waals surface area contributed by atoms with Crippen LogP contribution in [0.1, 0.15) is 16.2 Å². The average Bonchev–Trinajstić information content (AvgIpc) is 2.65. The van der Waals surface area contributed by atoms with Crippen LogP contribution in [0.3, 0.4) is 0 Å². The number of aryl methyl sites for hydroxylation is 1. The molecule has 2 aromatic rings. The molecule has 0 spiro atoms. The zero-order valence-corrected chi connectivity index (χ0v) is 8.47. The lowest BCUT2D eigenvalue weighted by molar-refractivity contribution is 0.101. The number of hydrogen-bond acceptors (Lipinski definition) is 6. The second-order valence-electron chi connectivity index (χ2n) is 3.07. The number of anilines is 2. The van der Waals surface area contributed by atoms with Gasteiger partial charge in [0.2, 0.25) is 0 Å². The van der Waals surface area contributed by atoms with Crippen LogP contribution < -0.4 is 11.1 Å². The second kappa shape index (κ2) is 3.97. The molecule has 0 unspecified atom stereocenters. The predicted octanol–water partition coefficient (Wildman–Crippen LogP) is 0.608. The molecule has 0 atom stereocenters. The molecule has 0 saturated carbocycles. The first kappa shape index (κ1) is 10.1. The molecular formula is C9H9N5O2. The number of nitrogen functional groups attached to an aromatic ring is 1. The second-order valence-corrected chi connectivity index (χ2v) is 3.07. The third-order valence-electron chi connectivity index (χ3n) is 1.74. The molecule has 2 aromatic heterocycles. The lowest BCUT2D eigenvalue weighted by Crippen LogP contribution is -2.14. The molecule has 0 aliphatic rings. The van der Waals surface area contributed by atoms with Crippen molar-refractivity contribution in [2.45, 2.75) is 6.92 Å². The number of nitrogens with zero attached hydrogens (tertiary/aromatic N) is 3. The Kier molecular flexibility index (Phi) is 2.50. The first-order chi connectivity index (χ1) is 7.65. The van der Waals surface area contributed by atoms with Crippen LogP contribution in [0.25, 0.3) is 0 Å². The minimum atomic E-state index is -0.450. The summed E-state index contributed by atoms with van der Waals surface area (Å²) in [6.07, 6.45) is 4.01. The number of hydrogen-bond donors (Lipinski definition) is 2. The number of amides is 1. The first-order valence-electron chi connectivity index (χ1n) is 4.46. The van der Waals surface area contributed by atoms with Crippen molar-refractivity contribution in [1.29, 1.82) is 0 Å². The van der Waals surface area contributed by atoms with Crippen molar-refractivity contribution < 1.29 is 9.21 Å². The maximum atomic E-state index is 11.6. The van der Waals surface area contributed by atoms with E-state index in [-0.39, 0.29) is 17.5 Å². The molecular weight excluding hydrogens is 210 g/mol. The van der Waals surface area contributed by atoms with Crippen molar-refractivity contribution in [3.05, 3.63) is 30.0 Å². The van der Waals surface area contributed by atoms with Crippen molar-refractivity contribution in [3.8, 4) is 0 Å². The molecule has 0 aromatic carbocycles. The number of rotatable bonds is 2. The van der Waals surface area contributed by atoms with Gasteiger partial charge in [-0.3, -0.25) is 10.1 Å². The van der Waals surface area contributed by atoms with Gasteiger partial charge in [0.05, 0.1) is 18.1 Å². The van der Waals surface area contributed by atoms with Gasteiger partial charge in [-0.2, -0.15) is 4.98 Å². The van der Waals surface area contributed by atoms with E-state index < -0.39 is 5.91 Å². The minimum Gasteiger partial charge on any atom is -0.432 e. The highest BCUT2D eigenvalue weighted by atomic mass is 16.4. The van der Waals surface area contributed by atoms with Gasteiger partial charge in [0.1, 0.15) is 17.8 Å². The normalized spacial score (nSPS) is 10.1. The molecule has 7 heteroatoms. The van der Waals surface area contributed by atoms with Crippen LogP contribution in [0.5, 0.6) is 0 Å². The third kappa shape index (κ3) is 2.14. The number of nitrogens with one attached hydrogen (secondary N) is 1. The Bertz CT molecular complexity index is 505. The van der Waals surface area contributed by atoms with Gasteiger partial charge in [-0.05, 0) is 6.92 Å². The molecule has 2 rings (SSSR count). The maximum absolute atomic E-state index is 11.6. The number of carbonyl (C=O) groups excluding carboxylic acids is 1. The number of nitrogens with two attached hydrogens (primary N) is 1. The van der Waals surface area contributed by atoms with Crippen LogP contribution in [0.4, 0.5) is 11.8 Å². The summed E-state index contributed by atoms with van der Waals surface area (Å²) in [5.41, 5.74) is 6.17. The fourth-order valence-corrected chi connectivity index (χ4v) is 1.03. The zero-order chi connectivity index (χ0) is 11.5. The third-order valence-corrected chi connectivity index (χ3v) is 1.74. The van der Waals surface area contributed by atoms with E-state index >= 15 is 0 Å². The number of aromatic nitrogens is 3. The largest absolute Gasteiger partial charge is 0.432 e. The Labute approximate surface area is 90.7 Å². The number of oxazole rings is 1. The molecule has 16 heavy (non-hydrogen) atoms. The molecule has 0 aliphatic carbocycles. The van der Waals surface area contributed by atoms with Crippen molar-refractivity contribution in [3.63, 3.8) is 0 Å². The zero-order valence-electron chi connectivity index (χ0n) is 8.47. The van der Waals surface area contributed by atoms with Crippen LogP contribution in [0, 0.1) is 6.92 Å². The summed E-state index contributed by atoms with van der Waals surface area (Å²) < 4.78 is 4.96. The van der Waals surface area contributed by atoms with E-state index in [0.717, 1.165) is 0 Å². The van der Waals surface area contributed by atoms with Crippen LogP contribution in [0.2, 0.25) is 0 Å². The molecule has 0 fully saturated rings. The smallest absolute Gasteiger partial charge is 0.301 e. The maximum Gasteiger partial charge on any atom is 0.301 e. The highest BCUT2D eigenvalue weighted by molar-refractivity contribution is 6.01. The molecule has 3 N–H and O–H groups in total. The summed E-state index contributed by atoms with van der Waals surface area (Å²) in [6.45, 7) is 1.75. The molecule has 0 aliphatic heterocycles. The molecule has 0 saturated heterocycles. The van der Waals surface area contributed by atoms with Gasteiger partial charge in [-0.1, -0.05) is 0 Å². The predicted molar refractivity (Wildman–Crippen MR) is 55.6 cm³/mol. The molecule has 0 bridgehead atoms. The van der Waals surface area contributed by atoms with E-state index in [2.05, 4.69) is 20.3 Å². The summed E-state index contributed by atoms with van der Waals surface area (Å²) in [4.78, 5) is 23.1. The molecule has 7 nitrogen and oxygen atoms in total. The quantitative estimate of drug-likeness (QED) is 0.766. The monoisotopic (exact) mass is 219 g/mol. The van der Waals surface area contributed by atoms with Crippen molar-refractivity contribution in [1.82, 2.24) is 15.0 Å². The Balaban J connectivity index is 2.11. The van der Waals surface area contributed by atoms with Crippen molar-refractivity contribution in [2.24, 2.45) is 0 Å². The SMILES string of the molecule is Cc1coc(NC(=O)c2cnc(N)cn2)n1. The Morgan fingerprint density at radius 3 is 2.81 bits per heavy atom.